The topological polar surface area (TPSA) is 73.0 Å². The van der Waals surface area contributed by atoms with E-state index in [1.165, 1.54) is 6.26 Å². The third kappa shape index (κ3) is 2.71. The van der Waals surface area contributed by atoms with Gasteiger partial charge in [-0.1, -0.05) is 20.8 Å². The normalized spacial score (nSPS) is 12.8. The van der Waals surface area contributed by atoms with Gasteiger partial charge in [0.1, 0.15) is 5.82 Å². The molecule has 0 aliphatic heterocycles. The molecule has 0 spiro atoms. The fourth-order valence-electron chi connectivity index (χ4n) is 2.00. The van der Waals surface area contributed by atoms with Gasteiger partial charge in [0.05, 0.1) is 10.4 Å². The van der Waals surface area contributed by atoms with Gasteiger partial charge < -0.3 is 5.73 Å². The molecule has 2 rings (SSSR count). The van der Waals surface area contributed by atoms with Crippen LogP contribution in [0.2, 0.25) is 0 Å². The van der Waals surface area contributed by atoms with Crippen molar-refractivity contribution < 1.29 is 8.42 Å². The number of sulfone groups is 1. The molecule has 1 aromatic heterocycles. The van der Waals surface area contributed by atoms with Crippen LogP contribution >= 0.6 is 0 Å². The van der Waals surface area contributed by atoms with Crippen molar-refractivity contribution in [1.29, 1.82) is 0 Å². The van der Waals surface area contributed by atoms with E-state index in [9.17, 15) is 8.42 Å². The van der Waals surface area contributed by atoms with E-state index in [1.807, 2.05) is 26.8 Å². The van der Waals surface area contributed by atoms with Crippen molar-refractivity contribution in [2.45, 2.75) is 31.1 Å². The zero-order chi connectivity index (χ0) is 14.4. The molecule has 0 amide bonds. The highest BCUT2D eigenvalue weighted by Gasteiger charge is 2.19. The Morgan fingerprint density at radius 2 is 1.79 bits per heavy atom. The van der Waals surface area contributed by atoms with E-state index in [1.54, 1.807) is 18.2 Å². The minimum absolute atomic E-state index is 0.133. The number of aromatic nitrogens is 1. The summed E-state index contributed by atoms with van der Waals surface area (Å²) in [5, 5.41) is 0.794. The zero-order valence-corrected chi connectivity index (χ0v) is 12.4. The molecule has 0 fully saturated rings. The molecular weight excluding hydrogens is 260 g/mol. The SMILES string of the molecule is CC(C)(C)c1cc2cc(S(C)(=O)=O)ccc2nc1N. The largest absolute Gasteiger partial charge is 0.383 e. The highest BCUT2D eigenvalue weighted by molar-refractivity contribution is 7.90. The number of hydrogen-bond acceptors (Lipinski definition) is 4. The number of pyridine rings is 1. The highest BCUT2D eigenvalue weighted by Crippen LogP contribution is 2.30. The minimum Gasteiger partial charge on any atom is -0.383 e. The second-order valence-electron chi connectivity index (χ2n) is 5.80. The van der Waals surface area contributed by atoms with E-state index in [0.717, 1.165) is 10.9 Å². The first-order chi connectivity index (χ1) is 8.59. The molecule has 2 aromatic rings. The van der Waals surface area contributed by atoms with Gasteiger partial charge in [0.2, 0.25) is 0 Å². The Balaban J connectivity index is 2.76. The Labute approximate surface area is 113 Å². The summed E-state index contributed by atoms with van der Waals surface area (Å²) in [4.78, 5) is 4.65. The molecule has 1 heterocycles. The van der Waals surface area contributed by atoms with E-state index in [0.29, 0.717) is 16.2 Å². The summed E-state index contributed by atoms with van der Waals surface area (Å²) in [7, 11) is -3.21. The third-order valence-electron chi connectivity index (χ3n) is 3.05. The van der Waals surface area contributed by atoms with Gasteiger partial charge in [-0.05, 0) is 29.7 Å². The molecule has 102 valence electrons. The lowest BCUT2D eigenvalue weighted by Gasteiger charge is -2.21. The maximum Gasteiger partial charge on any atom is 0.175 e. The number of benzene rings is 1. The van der Waals surface area contributed by atoms with Gasteiger partial charge in [-0.2, -0.15) is 0 Å². The van der Waals surface area contributed by atoms with Gasteiger partial charge in [-0.15, -0.1) is 0 Å². The van der Waals surface area contributed by atoms with Crippen molar-refractivity contribution in [2.75, 3.05) is 12.0 Å². The van der Waals surface area contributed by atoms with Crippen molar-refractivity contribution in [2.24, 2.45) is 0 Å². The number of anilines is 1. The first-order valence-corrected chi connectivity index (χ1v) is 7.89. The van der Waals surface area contributed by atoms with Crippen molar-refractivity contribution >= 4 is 26.6 Å². The second-order valence-corrected chi connectivity index (χ2v) is 7.81. The van der Waals surface area contributed by atoms with Gasteiger partial charge in [-0.25, -0.2) is 13.4 Å². The Morgan fingerprint density at radius 3 is 2.32 bits per heavy atom. The third-order valence-corrected chi connectivity index (χ3v) is 4.16. The molecule has 0 saturated carbocycles. The van der Waals surface area contributed by atoms with Crippen LogP contribution < -0.4 is 5.73 Å². The molecule has 4 nitrogen and oxygen atoms in total. The summed E-state index contributed by atoms with van der Waals surface area (Å²) in [6, 6.07) is 6.81. The number of nitrogen functional groups attached to an aromatic ring is 1. The van der Waals surface area contributed by atoms with Crippen LogP contribution in [0.3, 0.4) is 0 Å². The summed E-state index contributed by atoms with van der Waals surface area (Å²) in [5.41, 5.74) is 7.46. The molecule has 0 radical (unpaired) electrons. The smallest absolute Gasteiger partial charge is 0.175 e. The fraction of sp³-hybridized carbons (Fsp3) is 0.357. The lowest BCUT2D eigenvalue weighted by molar-refractivity contribution is 0.591. The highest BCUT2D eigenvalue weighted by atomic mass is 32.2. The van der Waals surface area contributed by atoms with E-state index in [4.69, 9.17) is 5.73 Å². The average molecular weight is 278 g/mol. The molecule has 5 heteroatoms. The average Bonchev–Trinajstić information content (AvgIpc) is 2.24. The van der Waals surface area contributed by atoms with Gasteiger partial charge in [0.25, 0.3) is 0 Å². The van der Waals surface area contributed by atoms with E-state index in [-0.39, 0.29) is 5.41 Å². The molecule has 0 aliphatic carbocycles. The summed E-state index contributed by atoms with van der Waals surface area (Å²) >= 11 is 0. The maximum absolute atomic E-state index is 11.6. The van der Waals surface area contributed by atoms with Crippen LogP contribution in [0.4, 0.5) is 5.82 Å². The summed E-state index contributed by atoms with van der Waals surface area (Å²) in [6.45, 7) is 6.14. The summed E-state index contributed by atoms with van der Waals surface area (Å²) in [5.74, 6) is 0.493. The predicted octanol–water partition coefficient (Wildman–Crippen LogP) is 2.52. The molecule has 0 aliphatic rings. The van der Waals surface area contributed by atoms with Crippen LogP contribution in [0, 0.1) is 0 Å². The maximum atomic E-state index is 11.6. The fourth-order valence-corrected chi connectivity index (χ4v) is 2.66. The van der Waals surface area contributed by atoms with Crippen molar-refractivity contribution in [3.63, 3.8) is 0 Å². The van der Waals surface area contributed by atoms with Crippen molar-refractivity contribution in [3.05, 3.63) is 29.8 Å². The van der Waals surface area contributed by atoms with Crippen molar-refractivity contribution in [3.8, 4) is 0 Å². The first kappa shape index (κ1) is 13.8. The van der Waals surface area contributed by atoms with Crippen LogP contribution in [0.15, 0.2) is 29.2 Å². The number of nitrogens with two attached hydrogens (primary N) is 1. The summed E-state index contributed by atoms with van der Waals surface area (Å²) in [6.07, 6.45) is 1.20. The first-order valence-electron chi connectivity index (χ1n) is 6.00. The van der Waals surface area contributed by atoms with E-state index >= 15 is 0 Å². The molecule has 0 unspecified atom stereocenters. The molecule has 0 saturated heterocycles. The van der Waals surface area contributed by atoms with Crippen LogP contribution in [0.1, 0.15) is 26.3 Å². The number of rotatable bonds is 1. The van der Waals surface area contributed by atoms with Crippen LogP contribution in [0.5, 0.6) is 0 Å². The molecule has 0 atom stereocenters. The Kier molecular flexibility index (Phi) is 3.05. The van der Waals surface area contributed by atoms with Crippen molar-refractivity contribution in [1.82, 2.24) is 4.98 Å². The molecule has 0 bridgehead atoms. The van der Waals surface area contributed by atoms with Crippen LogP contribution in [-0.4, -0.2) is 19.7 Å². The number of fused-ring (bicyclic) bond motifs is 1. The number of hydrogen-bond donors (Lipinski definition) is 1. The van der Waals surface area contributed by atoms with Gasteiger partial charge in [-0.3, -0.25) is 0 Å². The quantitative estimate of drug-likeness (QED) is 0.870. The second kappa shape index (κ2) is 4.20. The van der Waals surface area contributed by atoms with Gasteiger partial charge in [0.15, 0.2) is 9.84 Å². The molecule has 19 heavy (non-hydrogen) atoms. The standard InChI is InChI=1S/C14H18N2O2S/c1-14(2,3)11-8-9-7-10(19(4,17)18)5-6-12(9)16-13(11)15/h5-8H,1-4H3,(H2,15,16). The van der Waals surface area contributed by atoms with Gasteiger partial charge >= 0.3 is 0 Å². The number of nitrogens with zero attached hydrogens (tertiary/aromatic N) is 1. The minimum atomic E-state index is -3.21. The van der Waals surface area contributed by atoms with Crippen LogP contribution in [-0.2, 0) is 15.3 Å². The lowest BCUT2D eigenvalue weighted by atomic mass is 9.86. The predicted molar refractivity (Wildman–Crippen MR) is 78.0 cm³/mol. The lowest BCUT2D eigenvalue weighted by Crippen LogP contribution is -2.15. The van der Waals surface area contributed by atoms with E-state index in [2.05, 4.69) is 4.98 Å². The van der Waals surface area contributed by atoms with E-state index < -0.39 is 9.84 Å². The Hall–Kier alpha value is -1.62. The molecule has 2 N–H and O–H groups in total. The summed E-state index contributed by atoms with van der Waals surface area (Å²) < 4.78 is 23.2. The Morgan fingerprint density at radius 1 is 1.16 bits per heavy atom. The van der Waals surface area contributed by atoms with Crippen LogP contribution in [0.25, 0.3) is 10.9 Å². The zero-order valence-electron chi connectivity index (χ0n) is 11.6. The molecule has 1 aromatic carbocycles. The van der Waals surface area contributed by atoms with Gasteiger partial charge in [0, 0.05) is 17.2 Å². The molecular formula is C14H18N2O2S. The Bertz CT molecular complexity index is 744. The monoisotopic (exact) mass is 278 g/mol.